The molecular weight excluding hydrogens is 272 g/mol. The maximum absolute atomic E-state index is 11.5. The Morgan fingerprint density at radius 1 is 1.14 bits per heavy atom. The lowest BCUT2D eigenvalue weighted by Crippen LogP contribution is -2.50. The molecule has 0 aromatic heterocycles. The summed E-state index contributed by atoms with van der Waals surface area (Å²) in [7, 11) is 2.20. The van der Waals surface area contributed by atoms with E-state index in [2.05, 4.69) is 48.0 Å². The summed E-state index contributed by atoms with van der Waals surface area (Å²) in [6, 6.07) is 8.41. The van der Waals surface area contributed by atoms with Crippen LogP contribution in [0.5, 0.6) is 0 Å². The van der Waals surface area contributed by atoms with Gasteiger partial charge in [0.05, 0.1) is 5.60 Å². The van der Waals surface area contributed by atoms with Gasteiger partial charge in [-0.15, -0.1) is 0 Å². The van der Waals surface area contributed by atoms with Gasteiger partial charge in [-0.3, -0.25) is 0 Å². The minimum absolute atomic E-state index is 0.366. The minimum atomic E-state index is -0.632. The van der Waals surface area contributed by atoms with Crippen molar-refractivity contribution in [3.05, 3.63) is 35.4 Å². The van der Waals surface area contributed by atoms with Gasteiger partial charge in [-0.25, -0.2) is 0 Å². The fourth-order valence-corrected chi connectivity index (χ4v) is 4.23. The van der Waals surface area contributed by atoms with Gasteiger partial charge in [0.25, 0.3) is 0 Å². The zero-order chi connectivity index (χ0) is 15.6. The topological polar surface area (TPSA) is 26.7 Å². The highest BCUT2D eigenvalue weighted by atomic mass is 16.3. The zero-order valence-electron chi connectivity index (χ0n) is 14.1. The van der Waals surface area contributed by atoms with Crippen LogP contribution in [0.15, 0.2) is 24.3 Å². The molecule has 0 radical (unpaired) electrons. The molecule has 2 fully saturated rings. The molecule has 3 nitrogen and oxygen atoms in total. The molecule has 1 aromatic rings. The molecule has 1 aromatic carbocycles. The summed E-state index contributed by atoms with van der Waals surface area (Å²) >= 11 is 0. The fraction of sp³-hybridized carbons (Fsp3) is 0.684. The van der Waals surface area contributed by atoms with Gasteiger partial charge in [-0.05, 0) is 37.9 Å². The molecule has 122 valence electrons. The van der Waals surface area contributed by atoms with E-state index in [0.717, 1.165) is 57.5 Å². The number of hydrogen-bond acceptors (Lipinski definition) is 3. The second-order valence-corrected chi connectivity index (χ2v) is 7.29. The first kappa shape index (κ1) is 16.0. The van der Waals surface area contributed by atoms with E-state index in [1.807, 2.05) is 0 Å². The van der Waals surface area contributed by atoms with Crippen LogP contribution in [0.1, 0.15) is 36.8 Å². The molecule has 22 heavy (non-hydrogen) atoms. The lowest BCUT2D eigenvalue weighted by molar-refractivity contribution is -0.0688. The lowest BCUT2D eigenvalue weighted by atomic mass is 9.70. The van der Waals surface area contributed by atoms with E-state index in [4.69, 9.17) is 0 Å². The maximum Gasteiger partial charge on any atom is 0.0939 e. The van der Waals surface area contributed by atoms with Crippen molar-refractivity contribution >= 4 is 0 Å². The third kappa shape index (κ3) is 3.22. The zero-order valence-corrected chi connectivity index (χ0v) is 14.1. The number of aryl methyl sites for hydroxylation is 1. The van der Waals surface area contributed by atoms with Crippen molar-refractivity contribution in [2.45, 2.75) is 38.2 Å². The van der Waals surface area contributed by atoms with Gasteiger partial charge in [-0.2, -0.15) is 0 Å². The molecule has 0 spiro atoms. The van der Waals surface area contributed by atoms with Gasteiger partial charge in [0, 0.05) is 38.6 Å². The Morgan fingerprint density at radius 2 is 1.86 bits per heavy atom. The molecule has 1 saturated heterocycles. The van der Waals surface area contributed by atoms with Crippen LogP contribution >= 0.6 is 0 Å². The highest BCUT2D eigenvalue weighted by molar-refractivity contribution is 5.32. The van der Waals surface area contributed by atoms with Crippen LogP contribution in [0.25, 0.3) is 0 Å². The quantitative estimate of drug-likeness (QED) is 0.930. The van der Waals surface area contributed by atoms with Crippen molar-refractivity contribution in [1.29, 1.82) is 0 Å². The van der Waals surface area contributed by atoms with E-state index in [0.29, 0.717) is 5.92 Å². The van der Waals surface area contributed by atoms with Gasteiger partial charge >= 0.3 is 0 Å². The second-order valence-electron chi connectivity index (χ2n) is 7.29. The largest absolute Gasteiger partial charge is 0.385 e. The van der Waals surface area contributed by atoms with E-state index < -0.39 is 5.60 Å². The van der Waals surface area contributed by atoms with Crippen LogP contribution in [0.4, 0.5) is 0 Å². The normalized spacial score (nSPS) is 31.3. The molecule has 2 aliphatic rings. The summed E-state index contributed by atoms with van der Waals surface area (Å²) in [5.41, 5.74) is 1.76. The molecular formula is C19H30N2O. The SMILES string of the molecule is Cc1ccccc1C1(O)CCCCC1CN1CCN(C)CC1. The van der Waals surface area contributed by atoms with E-state index in [-0.39, 0.29) is 0 Å². The molecule has 1 heterocycles. The summed E-state index contributed by atoms with van der Waals surface area (Å²) in [6.45, 7) is 7.74. The summed E-state index contributed by atoms with van der Waals surface area (Å²) in [6.07, 6.45) is 4.46. The molecule has 0 amide bonds. The molecule has 0 bridgehead atoms. The monoisotopic (exact) mass is 302 g/mol. The fourth-order valence-electron chi connectivity index (χ4n) is 4.23. The van der Waals surface area contributed by atoms with E-state index >= 15 is 0 Å². The highest BCUT2D eigenvalue weighted by Gasteiger charge is 2.41. The Hall–Kier alpha value is -0.900. The molecule has 3 heteroatoms. The predicted octanol–water partition coefficient (Wildman–Crippen LogP) is 2.62. The van der Waals surface area contributed by atoms with Crippen LogP contribution in [0.3, 0.4) is 0 Å². The van der Waals surface area contributed by atoms with E-state index in [9.17, 15) is 5.11 Å². The summed E-state index contributed by atoms with van der Waals surface area (Å²) < 4.78 is 0. The molecule has 2 unspecified atom stereocenters. The third-order valence-electron chi connectivity index (χ3n) is 5.72. The second kappa shape index (κ2) is 6.69. The van der Waals surface area contributed by atoms with Gasteiger partial charge in [0.15, 0.2) is 0 Å². The van der Waals surface area contributed by atoms with Crippen molar-refractivity contribution in [1.82, 2.24) is 9.80 Å². The van der Waals surface area contributed by atoms with Crippen molar-refractivity contribution in [3.8, 4) is 0 Å². The standard InChI is InChI=1S/C19H30N2O/c1-16-7-3-4-9-18(16)19(22)10-6-5-8-17(19)15-21-13-11-20(2)12-14-21/h3-4,7,9,17,22H,5-6,8,10-15H2,1-2H3. The Balaban J connectivity index is 1.77. The van der Waals surface area contributed by atoms with Crippen LogP contribution in [0.2, 0.25) is 0 Å². The predicted molar refractivity (Wildman–Crippen MR) is 91.0 cm³/mol. The van der Waals surface area contributed by atoms with Gasteiger partial charge in [0.1, 0.15) is 0 Å². The number of piperazine rings is 1. The van der Waals surface area contributed by atoms with Crippen LogP contribution < -0.4 is 0 Å². The molecule has 1 N–H and O–H groups in total. The van der Waals surface area contributed by atoms with E-state index in [1.165, 1.54) is 12.0 Å². The van der Waals surface area contributed by atoms with E-state index in [1.54, 1.807) is 0 Å². The average Bonchev–Trinajstić information content (AvgIpc) is 2.52. The van der Waals surface area contributed by atoms with Crippen molar-refractivity contribution in [3.63, 3.8) is 0 Å². The highest BCUT2D eigenvalue weighted by Crippen LogP contribution is 2.43. The first-order chi connectivity index (χ1) is 10.6. The first-order valence-electron chi connectivity index (χ1n) is 8.79. The third-order valence-corrected chi connectivity index (χ3v) is 5.72. The average molecular weight is 302 g/mol. The maximum atomic E-state index is 11.5. The first-order valence-corrected chi connectivity index (χ1v) is 8.79. The van der Waals surface area contributed by atoms with Crippen LogP contribution in [-0.4, -0.2) is 54.7 Å². The Bertz CT molecular complexity index is 496. The van der Waals surface area contributed by atoms with Gasteiger partial charge in [-0.1, -0.05) is 37.1 Å². The lowest BCUT2D eigenvalue weighted by Gasteiger charge is -2.44. The van der Waals surface area contributed by atoms with Crippen molar-refractivity contribution in [2.24, 2.45) is 5.92 Å². The number of hydrogen-bond donors (Lipinski definition) is 1. The summed E-state index contributed by atoms with van der Waals surface area (Å²) in [4.78, 5) is 4.95. The molecule has 1 saturated carbocycles. The van der Waals surface area contributed by atoms with Gasteiger partial charge in [0.2, 0.25) is 0 Å². The molecule has 3 rings (SSSR count). The number of likely N-dealkylation sites (N-methyl/N-ethyl adjacent to an activating group) is 1. The van der Waals surface area contributed by atoms with Crippen LogP contribution in [0, 0.1) is 12.8 Å². The number of nitrogens with zero attached hydrogens (tertiary/aromatic N) is 2. The Kier molecular flexibility index (Phi) is 4.86. The Labute approximate surface area is 134 Å². The van der Waals surface area contributed by atoms with Crippen molar-refractivity contribution < 1.29 is 5.11 Å². The smallest absolute Gasteiger partial charge is 0.0939 e. The minimum Gasteiger partial charge on any atom is -0.385 e. The summed E-state index contributed by atoms with van der Waals surface area (Å²) in [5.74, 6) is 0.366. The number of aliphatic hydroxyl groups is 1. The number of benzene rings is 1. The molecule has 1 aliphatic heterocycles. The van der Waals surface area contributed by atoms with Crippen molar-refractivity contribution in [2.75, 3.05) is 39.8 Å². The summed E-state index contributed by atoms with van der Waals surface area (Å²) in [5, 5.41) is 11.5. The molecule has 1 aliphatic carbocycles. The van der Waals surface area contributed by atoms with Gasteiger partial charge < -0.3 is 14.9 Å². The molecule has 2 atom stereocenters. The Morgan fingerprint density at radius 3 is 2.59 bits per heavy atom. The van der Waals surface area contributed by atoms with Crippen LogP contribution in [-0.2, 0) is 5.60 Å². The number of rotatable bonds is 3.